The van der Waals surface area contributed by atoms with Gasteiger partial charge in [-0.2, -0.15) is 0 Å². The second-order valence-corrected chi connectivity index (χ2v) is 13.2. The van der Waals surface area contributed by atoms with E-state index < -0.39 is 0 Å². The first-order valence-electron chi connectivity index (χ1n) is 18.5. The minimum atomic E-state index is 0.557. The van der Waals surface area contributed by atoms with Crippen molar-refractivity contribution in [2.75, 3.05) is 0 Å². The molecular formula is C38H77. The van der Waals surface area contributed by atoms with Gasteiger partial charge in [0.1, 0.15) is 0 Å². The van der Waals surface area contributed by atoms with E-state index in [0.29, 0.717) is 5.41 Å². The van der Waals surface area contributed by atoms with E-state index >= 15 is 0 Å². The van der Waals surface area contributed by atoms with Gasteiger partial charge in [0.25, 0.3) is 0 Å². The minimum Gasteiger partial charge on any atom is -0.0654 e. The van der Waals surface area contributed by atoms with Gasteiger partial charge in [-0.05, 0) is 31.1 Å². The van der Waals surface area contributed by atoms with Crippen LogP contribution in [0.4, 0.5) is 0 Å². The molecular weight excluding hydrogens is 456 g/mol. The summed E-state index contributed by atoms with van der Waals surface area (Å²) >= 11 is 0. The van der Waals surface area contributed by atoms with Gasteiger partial charge in [0.05, 0.1) is 0 Å². The van der Waals surface area contributed by atoms with Crippen LogP contribution in [0.3, 0.4) is 0 Å². The lowest BCUT2D eigenvalue weighted by Gasteiger charge is -2.34. The van der Waals surface area contributed by atoms with E-state index in [9.17, 15) is 0 Å². The highest BCUT2D eigenvalue weighted by atomic mass is 14.3. The van der Waals surface area contributed by atoms with Crippen molar-refractivity contribution in [3.63, 3.8) is 0 Å². The molecule has 0 N–H and O–H groups in total. The lowest BCUT2D eigenvalue weighted by atomic mass is 9.72. The largest absolute Gasteiger partial charge is 0.0654 e. The maximum absolute atomic E-state index is 4.54. The molecule has 0 aliphatic rings. The van der Waals surface area contributed by atoms with Gasteiger partial charge in [-0.15, -0.1) is 0 Å². The summed E-state index contributed by atoms with van der Waals surface area (Å²) in [7, 11) is 0. The van der Waals surface area contributed by atoms with E-state index in [0.717, 1.165) is 0 Å². The lowest BCUT2D eigenvalue weighted by molar-refractivity contribution is 0.196. The molecule has 229 valence electrons. The Bertz CT molecular complexity index is 386. The Morgan fingerprint density at radius 3 is 0.658 bits per heavy atom. The molecule has 1 radical (unpaired) electrons. The maximum atomic E-state index is 4.54. The third-order valence-corrected chi connectivity index (χ3v) is 9.46. The van der Waals surface area contributed by atoms with Crippen molar-refractivity contribution in [3.8, 4) is 0 Å². The van der Waals surface area contributed by atoms with Crippen LogP contribution in [-0.4, -0.2) is 0 Å². The van der Waals surface area contributed by atoms with Gasteiger partial charge in [-0.25, -0.2) is 0 Å². The van der Waals surface area contributed by atoms with Crippen LogP contribution in [0.2, 0.25) is 0 Å². The maximum Gasteiger partial charge on any atom is -0.0297 e. The summed E-state index contributed by atoms with van der Waals surface area (Å²) < 4.78 is 0. The Kier molecular flexibility index (Phi) is 31.5. The Morgan fingerprint density at radius 1 is 0.289 bits per heavy atom. The summed E-state index contributed by atoms with van der Waals surface area (Å²) in [6.07, 6.45) is 47.7. The van der Waals surface area contributed by atoms with E-state index in [2.05, 4.69) is 27.7 Å². The smallest absolute Gasteiger partial charge is 0.0297 e. The van der Waals surface area contributed by atoms with Crippen LogP contribution in [0.5, 0.6) is 0 Å². The van der Waals surface area contributed by atoms with Gasteiger partial charge in [0.15, 0.2) is 0 Å². The molecule has 0 nitrogen and oxygen atoms in total. The fraction of sp³-hybridized carbons (Fsp3) is 0.974. The van der Waals surface area contributed by atoms with E-state index in [4.69, 9.17) is 0 Å². The van der Waals surface area contributed by atoms with Crippen molar-refractivity contribution in [3.05, 3.63) is 6.92 Å². The van der Waals surface area contributed by atoms with E-state index in [1.807, 2.05) is 0 Å². The molecule has 0 rings (SSSR count). The van der Waals surface area contributed by atoms with Gasteiger partial charge < -0.3 is 0 Å². The topological polar surface area (TPSA) is 0 Å². The summed E-state index contributed by atoms with van der Waals surface area (Å²) in [5.41, 5.74) is 0.557. The van der Waals surface area contributed by atoms with Crippen molar-refractivity contribution in [2.24, 2.45) is 5.41 Å². The van der Waals surface area contributed by atoms with Gasteiger partial charge >= 0.3 is 0 Å². The third-order valence-electron chi connectivity index (χ3n) is 9.46. The Morgan fingerprint density at radius 2 is 0.474 bits per heavy atom. The molecule has 0 aliphatic heterocycles. The molecule has 0 bridgehead atoms. The standard InChI is InChI=1S/C38H77/c1-5-9-12-15-18-21-24-27-30-33-36-38(8-4,35-32-29-26-23-20-17-14-11-7-3)37-34-31-28-25-22-19-16-13-10-6-2/h4-37H2,1-3H3. The molecule has 0 heteroatoms. The number of rotatable bonds is 33. The predicted molar refractivity (Wildman–Crippen MR) is 177 cm³/mol. The van der Waals surface area contributed by atoms with E-state index in [1.54, 1.807) is 0 Å². The monoisotopic (exact) mass is 534 g/mol. The summed E-state index contributed by atoms with van der Waals surface area (Å²) in [5, 5.41) is 0. The predicted octanol–water partition coefficient (Wildman–Crippen LogP) is 14.7. The van der Waals surface area contributed by atoms with E-state index in [-0.39, 0.29) is 0 Å². The molecule has 0 amide bonds. The van der Waals surface area contributed by atoms with Crippen molar-refractivity contribution < 1.29 is 0 Å². The average Bonchev–Trinajstić information content (AvgIpc) is 2.93. The molecule has 0 heterocycles. The summed E-state index contributed by atoms with van der Waals surface area (Å²) in [4.78, 5) is 0. The van der Waals surface area contributed by atoms with Crippen molar-refractivity contribution in [1.82, 2.24) is 0 Å². The van der Waals surface area contributed by atoms with Crippen molar-refractivity contribution in [2.45, 2.75) is 233 Å². The van der Waals surface area contributed by atoms with Crippen LogP contribution in [0.15, 0.2) is 0 Å². The first-order chi connectivity index (χ1) is 18.7. The molecule has 0 spiro atoms. The molecule has 0 aromatic heterocycles. The number of hydrogen-bond donors (Lipinski definition) is 0. The number of hydrogen-bond acceptors (Lipinski definition) is 0. The molecule has 0 saturated carbocycles. The van der Waals surface area contributed by atoms with Crippen LogP contribution in [-0.2, 0) is 0 Å². The van der Waals surface area contributed by atoms with Gasteiger partial charge in [0.2, 0.25) is 0 Å². The summed E-state index contributed by atoms with van der Waals surface area (Å²) in [6, 6.07) is 0. The van der Waals surface area contributed by atoms with E-state index in [1.165, 1.54) is 212 Å². The molecule has 0 saturated heterocycles. The highest BCUT2D eigenvalue weighted by Crippen LogP contribution is 2.40. The highest BCUT2D eigenvalue weighted by Gasteiger charge is 2.26. The van der Waals surface area contributed by atoms with Crippen molar-refractivity contribution >= 4 is 0 Å². The van der Waals surface area contributed by atoms with Crippen LogP contribution >= 0.6 is 0 Å². The Hall–Kier alpha value is 0. The molecule has 0 atom stereocenters. The second kappa shape index (κ2) is 31.5. The third kappa shape index (κ3) is 26.2. The Balaban J connectivity index is 4.22. The molecule has 0 fully saturated rings. The highest BCUT2D eigenvalue weighted by molar-refractivity contribution is 4.81. The zero-order valence-corrected chi connectivity index (χ0v) is 27.5. The molecule has 0 aliphatic carbocycles. The second-order valence-electron chi connectivity index (χ2n) is 13.2. The minimum absolute atomic E-state index is 0.557. The zero-order chi connectivity index (χ0) is 27.8. The number of unbranched alkanes of at least 4 members (excludes halogenated alkanes) is 26. The molecule has 0 aromatic carbocycles. The molecule has 38 heavy (non-hydrogen) atoms. The van der Waals surface area contributed by atoms with Gasteiger partial charge in [-0.3, -0.25) is 0 Å². The first-order valence-corrected chi connectivity index (χ1v) is 18.5. The quantitative estimate of drug-likeness (QED) is 0.0736. The van der Waals surface area contributed by atoms with Gasteiger partial charge in [-0.1, -0.05) is 214 Å². The first kappa shape index (κ1) is 38.0. The van der Waals surface area contributed by atoms with Gasteiger partial charge in [0, 0.05) is 0 Å². The fourth-order valence-corrected chi connectivity index (χ4v) is 6.54. The van der Waals surface area contributed by atoms with Crippen LogP contribution in [0, 0.1) is 12.3 Å². The van der Waals surface area contributed by atoms with Crippen LogP contribution < -0.4 is 0 Å². The average molecular weight is 534 g/mol. The molecule has 0 unspecified atom stereocenters. The van der Waals surface area contributed by atoms with Crippen molar-refractivity contribution in [1.29, 1.82) is 0 Å². The summed E-state index contributed by atoms with van der Waals surface area (Å²) in [6.45, 7) is 11.5. The lowest BCUT2D eigenvalue weighted by Crippen LogP contribution is -2.20. The summed E-state index contributed by atoms with van der Waals surface area (Å²) in [5.74, 6) is 0. The van der Waals surface area contributed by atoms with Crippen LogP contribution in [0.1, 0.15) is 233 Å². The SMILES string of the molecule is [CH2]CC(CCCCCCCCCCC)(CCCCCCCCCCCC)CCCCCCCCCCCC. The Labute approximate surface area is 244 Å². The fourth-order valence-electron chi connectivity index (χ4n) is 6.54. The molecule has 0 aromatic rings. The van der Waals surface area contributed by atoms with Crippen LogP contribution in [0.25, 0.3) is 0 Å². The normalized spacial score (nSPS) is 12.0. The zero-order valence-electron chi connectivity index (χ0n) is 27.5.